The van der Waals surface area contributed by atoms with E-state index in [2.05, 4.69) is 15.9 Å². The Labute approximate surface area is 120 Å². The predicted molar refractivity (Wildman–Crippen MR) is 79.1 cm³/mol. The Hall–Kier alpha value is -1.39. The standard InChI is InChI=1S/C15H15BrFNO/c1-2-18(15-6-4-3-5-14(15)17)12-8-7-11(10-19)13(16)9-12/h3-9,19H,2,10H2,1H3. The number of para-hydroxylation sites is 1. The first kappa shape index (κ1) is 14.0. The maximum absolute atomic E-state index is 13.9. The lowest BCUT2D eigenvalue weighted by Gasteiger charge is -2.24. The lowest BCUT2D eigenvalue weighted by atomic mass is 10.2. The van der Waals surface area contributed by atoms with Crippen LogP contribution in [-0.2, 0) is 6.61 Å². The van der Waals surface area contributed by atoms with E-state index in [1.54, 1.807) is 12.1 Å². The average Bonchev–Trinajstić information content (AvgIpc) is 2.42. The Balaban J connectivity index is 2.43. The molecule has 0 radical (unpaired) electrons. The van der Waals surface area contributed by atoms with Crippen LogP contribution in [0.3, 0.4) is 0 Å². The van der Waals surface area contributed by atoms with Crippen LogP contribution in [0.15, 0.2) is 46.9 Å². The molecule has 0 heterocycles. The third kappa shape index (κ3) is 2.96. The van der Waals surface area contributed by atoms with Crippen molar-refractivity contribution in [3.63, 3.8) is 0 Å². The smallest absolute Gasteiger partial charge is 0.146 e. The third-order valence-corrected chi connectivity index (χ3v) is 3.72. The fourth-order valence-corrected chi connectivity index (χ4v) is 2.49. The van der Waals surface area contributed by atoms with Crippen LogP contribution in [0.25, 0.3) is 0 Å². The zero-order valence-corrected chi connectivity index (χ0v) is 12.2. The molecular formula is C15H15BrFNO. The van der Waals surface area contributed by atoms with Gasteiger partial charge in [-0.1, -0.05) is 34.1 Å². The lowest BCUT2D eigenvalue weighted by Crippen LogP contribution is -2.17. The van der Waals surface area contributed by atoms with Gasteiger partial charge in [-0.25, -0.2) is 4.39 Å². The van der Waals surface area contributed by atoms with Crippen molar-refractivity contribution in [3.8, 4) is 0 Å². The van der Waals surface area contributed by atoms with Crippen LogP contribution in [0.5, 0.6) is 0 Å². The molecule has 19 heavy (non-hydrogen) atoms. The van der Waals surface area contributed by atoms with Gasteiger partial charge in [-0.15, -0.1) is 0 Å². The second-order valence-corrected chi connectivity index (χ2v) is 4.98. The zero-order valence-electron chi connectivity index (χ0n) is 10.6. The van der Waals surface area contributed by atoms with Crippen molar-refractivity contribution in [1.82, 2.24) is 0 Å². The molecule has 0 aromatic heterocycles. The van der Waals surface area contributed by atoms with Gasteiger partial charge < -0.3 is 10.0 Å². The summed E-state index contributed by atoms with van der Waals surface area (Å²) in [5, 5.41) is 9.16. The highest BCUT2D eigenvalue weighted by molar-refractivity contribution is 9.10. The van der Waals surface area contributed by atoms with E-state index in [0.717, 1.165) is 15.7 Å². The molecule has 2 aromatic carbocycles. The Morgan fingerprint density at radius 2 is 1.95 bits per heavy atom. The van der Waals surface area contributed by atoms with Gasteiger partial charge in [0.15, 0.2) is 0 Å². The van der Waals surface area contributed by atoms with E-state index in [1.807, 2.05) is 36.1 Å². The molecule has 0 spiro atoms. The Morgan fingerprint density at radius 3 is 2.53 bits per heavy atom. The van der Waals surface area contributed by atoms with E-state index in [9.17, 15) is 4.39 Å². The van der Waals surface area contributed by atoms with Gasteiger partial charge in [0.05, 0.1) is 12.3 Å². The number of benzene rings is 2. The van der Waals surface area contributed by atoms with Gasteiger partial charge in [0.25, 0.3) is 0 Å². The summed E-state index contributed by atoms with van der Waals surface area (Å²) < 4.78 is 14.7. The molecule has 0 saturated carbocycles. The minimum absolute atomic E-state index is 0.0211. The van der Waals surface area contributed by atoms with Crippen LogP contribution in [0.4, 0.5) is 15.8 Å². The number of nitrogens with zero attached hydrogens (tertiary/aromatic N) is 1. The molecule has 1 N–H and O–H groups in total. The number of aliphatic hydroxyl groups excluding tert-OH is 1. The number of aliphatic hydroxyl groups is 1. The van der Waals surface area contributed by atoms with Crippen LogP contribution < -0.4 is 4.90 Å². The molecule has 0 amide bonds. The van der Waals surface area contributed by atoms with Gasteiger partial charge in [0.1, 0.15) is 5.82 Å². The molecule has 0 bridgehead atoms. The fourth-order valence-electron chi connectivity index (χ4n) is 1.99. The van der Waals surface area contributed by atoms with E-state index < -0.39 is 0 Å². The van der Waals surface area contributed by atoms with E-state index in [1.165, 1.54) is 6.07 Å². The van der Waals surface area contributed by atoms with Gasteiger partial charge in [-0.05, 0) is 36.8 Å². The van der Waals surface area contributed by atoms with Gasteiger partial charge >= 0.3 is 0 Å². The lowest BCUT2D eigenvalue weighted by molar-refractivity contribution is 0.281. The van der Waals surface area contributed by atoms with Crippen molar-refractivity contribution in [1.29, 1.82) is 0 Å². The number of hydrogen-bond acceptors (Lipinski definition) is 2. The van der Waals surface area contributed by atoms with Crippen LogP contribution in [0.2, 0.25) is 0 Å². The van der Waals surface area contributed by atoms with Crippen molar-refractivity contribution in [3.05, 3.63) is 58.3 Å². The first-order valence-corrected chi connectivity index (χ1v) is 6.88. The summed E-state index contributed by atoms with van der Waals surface area (Å²) in [6, 6.07) is 12.3. The van der Waals surface area contributed by atoms with Crippen molar-refractivity contribution in [2.45, 2.75) is 13.5 Å². The molecule has 2 aromatic rings. The van der Waals surface area contributed by atoms with Crippen molar-refractivity contribution < 1.29 is 9.50 Å². The molecule has 0 unspecified atom stereocenters. The molecule has 0 saturated heterocycles. The average molecular weight is 324 g/mol. The first-order valence-electron chi connectivity index (χ1n) is 6.08. The summed E-state index contributed by atoms with van der Waals surface area (Å²) >= 11 is 3.42. The van der Waals surface area contributed by atoms with Gasteiger partial charge in [-0.2, -0.15) is 0 Å². The molecule has 0 aliphatic rings. The maximum atomic E-state index is 13.9. The molecule has 0 fully saturated rings. The third-order valence-electron chi connectivity index (χ3n) is 2.98. The highest BCUT2D eigenvalue weighted by Crippen LogP contribution is 2.30. The largest absolute Gasteiger partial charge is 0.392 e. The normalized spacial score (nSPS) is 10.5. The number of hydrogen-bond donors (Lipinski definition) is 1. The molecular weight excluding hydrogens is 309 g/mol. The SMILES string of the molecule is CCN(c1ccc(CO)c(Br)c1)c1ccccc1F. The van der Waals surface area contributed by atoms with E-state index in [4.69, 9.17) is 5.11 Å². The summed E-state index contributed by atoms with van der Waals surface area (Å²) in [5.74, 6) is -0.244. The monoisotopic (exact) mass is 323 g/mol. The van der Waals surface area contributed by atoms with Crippen LogP contribution in [0.1, 0.15) is 12.5 Å². The fraction of sp³-hybridized carbons (Fsp3) is 0.200. The van der Waals surface area contributed by atoms with Crippen LogP contribution >= 0.6 is 15.9 Å². The van der Waals surface area contributed by atoms with Gasteiger partial charge in [0, 0.05) is 16.7 Å². The highest BCUT2D eigenvalue weighted by atomic mass is 79.9. The van der Waals surface area contributed by atoms with Gasteiger partial charge in [-0.3, -0.25) is 0 Å². The molecule has 2 rings (SSSR count). The second-order valence-electron chi connectivity index (χ2n) is 4.13. The predicted octanol–water partition coefficient (Wildman–Crippen LogP) is 4.24. The van der Waals surface area contributed by atoms with Crippen LogP contribution in [0, 0.1) is 5.82 Å². The van der Waals surface area contributed by atoms with Crippen molar-refractivity contribution in [2.75, 3.05) is 11.4 Å². The second kappa shape index (κ2) is 6.17. The Bertz CT molecular complexity index is 574. The quantitative estimate of drug-likeness (QED) is 0.909. The summed E-state index contributed by atoms with van der Waals surface area (Å²) in [6.45, 7) is 2.61. The summed E-state index contributed by atoms with van der Waals surface area (Å²) in [6.07, 6.45) is 0. The maximum Gasteiger partial charge on any atom is 0.146 e. The zero-order chi connectivity index (χ0) is 13.8. The number of halogens is 2. The summed E-state index contributed by atoms with van der Waals surface area (Å²) in [5.41, 5.74) is 2.25. The van der Waals surface area contributed by atoms with Crippen molar-refractivity contribution in [2.24, 2.45) is 0 Å². The number of rotatable bonds is 4. The molecule has 0 aliphatic heterocycles. The molecule has 0 atom stereocenters. The molecule has 4 heteroatoms. The van der Waals surface area contributed by atoms with E-state index in [0.29, 0.717) is 12.2 Å². The molecule has 0 aliphatic carbocycles. The molecule has 2 nitrogen and oxygen atoms in total. The van der Waals surface area contributed by atoms with Crippen molar-refractivity contribution >= 4 is 27.3 Å². The Kier molecular flexibility index (Phi) is 4.56. The minimum Gasteiger partial charge on any atom is -0.392 e. The first-order chi connectivity index (χ1) is 9.17. The highest BCUT2D eigenvalue weighted by Gasteiger charge is 2.12. The number of anilines is 2. The van der Waals surface area contributed by atoms with Gasteiger partial charge in [0.2, 0.25) is 0 Å². The molecule has 100 valence electrons. The summed E-state index contributed by atoms with van der Waals surface area (Å²) in [4.78, 5) is 1.89. The van der Waals surface area contributed by atoms with E-state index >= 15 is 0 Å². The van der Waals surface area contributed by atoms with Crippen LogP contribution in [-0.4, -0.2) is 11.7 Å². The Morgan fingerprint density at radius 1 is 1.21 bits per heavy atom. The topological polar surface area (TPSA) is 23.5 Å². The van der Waals surface area contributed by atoms with E-state index in [-0.39, 0.29) is 12.4 Å². The minimum atomic E-state index is -0.244. The summed E-state index contributed by atoms with van der Waals surface area (Å²) in [7, 11) is 0.